The van der Waals surface area contributed by atoms with E-state index in [9.17, 15) is 4.79 Å². The summed E-state index contributed by atoms with van der Waals surface area (Å²) in [5.74, 6) is 1.06. The number of unbranched alkanes of at least 4 members (excludes halogenated alkanes) is 22. The maximum absolute atomic E-state index is 12.7. The zero-order valence-corrected chi connectivity index (χ0v) is 27.9. The van der Waals surface area contributed by atoms with Gasteiger partial charge in [-0.15, -0.1) is 0 Å². The van der Waals surface area contributed by atoms with Crippen molar-refractivity contribution in [2.45, 2.75) is 200 Å². The molecule has 0 bridgehead atoms. The third-order valence-corrected chi connectivity index (χ3v) is 8.62. The van der Waals surface area contributed by atoms with E-state index in [4.69, 9.17) is 9.47 Å². The van der Waals surface area contributed by atoms with Gasteiger partial charge >= 0.3 is 0 Å². The number of carbonyl (C=O) groups excluding carboxylic acids is 1. The van der Waals surface area contributed by atoms with Gasteiger partial charge in [0.2, 0.25) is 0 Å². The van der Waals surface area contributed by atoms with Gasteiger partial charge in [0.05, 0.1) is 13.2 Å². The van der Waals surface area contributed by atoms with Crippen molar-refractivity contribution in [1.82, 2.24) is 0 Å². The topological polar surface area (TPSA) is 35.5 Å². The summed E-state index contributed by atoms with van der Waals surface area (Å²) >= 11 is 0. The van der Waals surface area contributed by atoms with Gasteiger partial charge < -0.3 is 9.47 Å². The van der Waals surface area contributed by atoms with E-state index in [1.807, 2.05) is 0 Å². The molecule has 0 radical (unpaired) electrons. The highest BCUT2D eigenvalue weighted by molar-refractivity contribution is 5.78. The van der Waals surface area contributed by atoms with Gasteiger partial charge in [0, 0.05) is 26.6 Å². The number of carbonyl (C=O) groups is 1. The molecule has 0 saturated heterocycles. The summed E-state index contributed by atoms with van der Waals surface area (Å²) in [6.07, 6.45) is 38.4. The van der Waals surface area contributed by atoms with Crippen molar-refractivity contribution in [3.05, 3.63) is 0 Å². The SMILES string of the molecule is CCCCCCCCCCCCCCC(CCCCCCCCCCCCCC)CC(=O)CCCOCCOC. The van der Waals surface area contributed by atoms with Gasteiger partial charge in [-0.1, -0.05) is 181 Å². The van der Waals surface area contributed by atoms with Crippen molar-refractivity contribution in [2.75, 3.05) is 26.9 Å². The van der Waals surface area contributed by atoms with Crippen molar-refractivity contribution in [3.8, 4) is 0 Å². The Balaban J connectivity index is 4.00. The number of ketones is 1. The first-order valence-corrected chi connectivity index (χ1v) is 18.3. The molecule has 0 aromatic heterocycles. The molecule has 240 valence electrons. The molecule has 40 heavy (non-hydrogen) atoms. The Morgan fingerprint density at radius 2 is 0.850 bits per heavy atom. The van der Waals surface area contributed by atoms with E-state index < -0.39 is 0 Å². The van der Waals surface area contributed by atoms with Crippen LogP contribution in [0.3, 0.4) is 0 Å². The van der Waals surface area contributed by atoms with Crippen LogP contribution in [0.4, 0.5) is 0 Å². The second kappa shape index (κ2) is 34.8. The maximum atomic E-state index is 12.7. The normalized spacial score (nSPS) is 11.6. The van der Waals surface area contributed by atoms with Crippen molar-refractivity contribution in [1.29, 1.82) is 0 Å². The van der Waals surface area contributed by atoms with Crippen LogP contribution in [0, 0.1) is 5.92 Å². The minimum Gasteiger partial charge on any atom is -0.382 e. The number of methoxy groups -OCH3 is 1. The highest BCUT2D eigenvalue weighted by Gasteiger charge is 2.14. The summed E-state index contributed by atoms with van der Waals surface area (Å²) in [4.78, 5) is 12.7. The molecule has 0 aromatic rings. The van der Waals surface area contributed by atoms with Crippen LogP contribution in [0.15, 0.2) is 0 Å². The van der Waals surface area contributed by atoms with Crippen LogP contribution in [0.25, 0.3) is 0 Å². The highest BCUT2D eigenvalue weighted by atomic mass is 16.5. The third-order valence-electron chi connectivity index (χ3n) is 8.62. The van der Waals surface area contributed by atoms with Gasteiger partial charge in [-0.25, -0.2) is 0 Å². The molecular formula is C37H74O3. The predicted molar refractivity (Wildman–Crippen MR) is 176 cm³/mol. The Morgan fingerprint density at radius 3 is 1.23 bits per heavy atom. The molecule has 0 rings (SSSR count). The van der Waals surface area contributed by atoms with E-state index in [0.717, 1.165) is 12.8 Å². The van der Waals surface area contributed by atoms with E-state index in [2.05, 4.69) is 13.8 Å². The van der Waals surface area contributed by atoms with Gasteiger partial charge in [0.15, 0.2) is 0 Å². The Morgan fingerprint density at radius 1 is 0.475 bits per heavy atom. The molecule has 3 nitrogen and oxygen atoms in total. The molecular weight excluding hydrogens is 492 g/mol. The highest BCUT2D eigenvalue weighted by Crippen LogP contribution is 2.24. The summed E-state index contributed by atoms with van der Waals surface area (Å²) in [5, 5.41) is 0. The molecule has 0 heterocycles. The predicted octanol–water partition coefficient (Wildman–Crippen LogP) is 12.2. The Labute approximate surface area is 252 Å². The molecule has 0 aliphatic carbocycles. The van der Waals surface area contributed by atoms with E-state index in [-0.39, 0.29) is 0 Å². The van der Waals surface area contributed by atoms with Gasteiger partial charge in [-0.3, -0.25) is 4.79 Å². The van der Waals surface area contributed by atoms with E-state index in [0.29, 0.717) is 37.9 Å². The molecule has 0 amide bonds. The standard InChI is InChI=1S/C37H74O3/c1-4-6-8-10-12-14-16-18-20-22-24-26-29-36(35-37(38)31-28-32-40-34-33-39-3)30-27-25-23-21-19-17-15-13-11-9-7-5-2/h36H,4-35H2,1-3H3. The number of hydrogen-bond acceptors (Lipinski definition) is 3. The smallest absolute Gasteiger partial charge is 0.133 e. The molecule has 0 fully saturated rings. The monoisotopic (exact) mass is 567 g/mol. The van der Waals surface area contributed by atoms with Gasteiger partial charge in [-0.05, 0) is 12.3 Å². The zero-order valence-electron chi connectivity index (χ0n) is 27.9. The number of Topliss-reactive ketones (excluding diaryl/α,β-unsaturated/α-hetero) is 1. The first kappa shape index (κ1) is 39.6. The van der Waals surface area contributed by atoms with Crippen LogP contribution in [0.5, 0.6) is 0 Å². The van der Waals surface area contributed by atoms with Crippen LogP contribution >= 0.6 is 0 Å². The van der Waals surface area contributed by atoms with Crippen LogP contribution < -0.4 is 0 Å². The Hall–Kier alpha value is -0.410. The van der Waals surface area contributed by atoms with Crippen LogP contribution in [-0.2, 0) is 14.3 Å². The Kier molecular flexibility index (Phi) is 34.4. The molecule has 0 aromatic carbocycles. The van der Waals surface area contributed by atoms with Gasteiger partial charge in [0.1, 0.15) is 5.78 Å². The van der Waals surface area contributed by atoms with Crippen molar-refractivity contribution < 1.29 is 14.3 Å². The number of ether oxygens (including phenoxy) is 2. The molecule has 0 aliphatic heterocycles. The summed E-state index contributed by atoms with van der Waals surface area (Å²) in [5.41, 5.74) is 0. The molecule has 0 saturated carbocycles. The maximum Gasteiger partial charge on any atom is 0.133 e. The minimum absolute atomic E-state index is 0.457. The molecule has 0 unspecified atom stereocenters. The fourth-order valence-electron chi connectivity index (χ4n) is 5.94. The second-order valence-corrected chi connectivity index (χ2v) is 12.7. The average Bonchev–Trinajstić information content (AvgIpc) is 2.95. The van der Waals surface area contributed by atoms with Crippen molar-refractivity contribution in [3.63, 3.8) is 0 Å². The van der Waals surface area contributed by atoms with Crippen LogP contribution in [0.2, 0.25) is 0 Å². The quantitative estimate of drug-likeness (QED) is 0.0716. The van der Waals surface area contributed by atoms with E-state index >= 15 is 0 Å². The summed E-state index contributed by atoms with van der Waals surface area (Å²) in [6.45, 7) is 6.53. The lowest BCUT2D eigenvalue weighted by molar-refractivity contribution is -0.120. The number of hydrogen-bond donors (Lipinski definition) is 0. The van der Waals surface area contributed by atoms with Crippen molar-refractivity contribution >= 4 is 5.78 Å². The summed E-state index contributed by atoms with van der Waals surface area (Å²) < 4.78 is 10.6. The summed E-state index contributed by atoms with van der Waals surface area (Å²) in [6, 6.07) is 0. The molecule has 3 heteroatoms. The van der Waals surface area contributed by atoms with Gasteiger partial charge in [-0.2, -0.15) is 0 Å². The molecule has 0 aliphatic rings. The van der Waals surface area contributed by atoms with Gasteiger partial charge in [0.25, 0.3) is 0 Å². The van der Waals surface area contributed by atoms with E-state index in [1.54, 1.807) is 7.11 Å². The lowest BCUT2D eigenvalue weighted by Crippen LogP contribution is -2.11. The van der Waals surface area contributed by atoms with E-state index in [1.165, 1.54) is 167 Å². The zero-order chi connectivity index (χ0) is 29.2. The van der Waals surface area contributed by atoms with Crippen molar-refractivity contribution in [2.24, 2.45) is 5.92 Å². The second-order valence-electron chi connectivity index (χ2n) is 12.7. The fourth-order valence-corrected chi connectivity index (χ4v) is 5.94. The average molecular weight is 567 g/mol. The van der Waals surface area contributed by atoms with Crippen LogP contribution in [0.1, 0.15) is 200 Å². The number of rotatable bonds is 35. The largest absolute Gasteiger partial charge is 0.382 e. The lowest BCUT2D eigenvalue weighted by atomic mass is 9.89. The summed E-state index contributed by atoms with van der Waals surface area (Å²) in [7, 11) is 1.69. The fraction of sp³-hybridized carbons (Fsp3) is 0.973. The molecule has 0 N–H and O–H groups in total. The lowest BCUT2D eigenvalue weighted by Gasteiger charge is -2.16. The minimum atomic E-state index is 0.457. The van der Waals surface area contributed by atoms with Crippen LogP contribution in [-0.4, -0.2) is 32.7 Å². The first-order chi connectivity index (χ1) is 19.7. The molecule has 0 atom stereocenters. The third kappa shape index (κ3) is 32.1. The molecule has 0 spiro atoms. The first-order valence-electron chi connectivity index (χ1n) is 18.3. The Bertz CT molecular complexity index is 450.